The lowest BCUT2D eigenvalue weighted by atomic mass is 10.2. The third-order valence-corrected chi connectivity index (χ3v) is 5.87. The molecular formula is C12H13BrClNS2. The molecule has 92 valence electrons. The first-order valence-electron chi connectivity index (χ1n) is 5.35. The minimum Gasteiger partial charge on any atom is -0.305 e. The molecule has 0 aliphatic rings. The molecule has 0 aliphatic heterocycles. The molecule has 1 atom stereocenters. The van der Waals surface area contributed by atoms with Gasteiger partial charge in [-0.15, -0.1) is 22.7 Å². The van der Waals surface area contributed by atoms with Gasteiger partial charge in [0.25, 0.3) is 0 Å². The van der Waals surface area contributed by atoms with Crippen LogP contribution in [0.15, 0.2) is 22.0 Å². The summed E-state index contributed by atoms with van der Waals surface area (Å²) in [5.41, 5.74) is 0. The summed E-state index contributed by atoms with van der Waals surface area (Å²) in [6.45, 7) is 5.16. The summed E-state index contributed by atoms with van der Waals surface area (Å²) < 4.78 is 1.16. The Morgan fingerprint density at radius 1 is 1.47 bits per heavy atom. The zero-order valence-electron chi connectivity index (χ0n) is 9.59. The highest BCUT2D eigenvalue weighted by atomic mass is 79.9. The quantitative estimate of drug-likeness (QED) is 0.796. The van der Waals surface area contributed by atoms with E-state index in [1.165, 1.54) is 14.6 Å². The van der Waals surface area contributed by atoms with Gasteiger partial charge >= 0.3 is 0 Å². The van der Waals surface area contributed by atoms with Crippen molar-refractivity contribution < 1.29 is 0 Å². The van der Waals surface area contributed by atoms with Gasteiger partial charge in [-0.2, -0.15) is 0 Å². The summed E-state index contributed by atoms with van der Waals surface area (Å²) in [5.74, 6) is 0. The second-order valence-electron chi connectivity index (χ2n) is 3.69. The molecule has 1 N–H and O–H groups in total. The van der Waals surface area contributed by atoms with Gasteiger partial charge in [-0.05, 0) is 46.9 Å². The molecule has 1 nitrogen and oxygen atoms in total. The average Bonchev–Trinajstić information content (AvgIpc) is 2.82. The molecule has 0 aromatic carbocycles. The van der Waals surface area contributed by atoms with Crippen molar-refractivity contribution >= 4 is 50.2 Å². The highest BCUT2D eigenvalue weighted by molar-refractivity contribution is 9.10. The standard InChI is InChI=1S/C12H13BrClNS2/c1-3-15-10(12-9(14)4-5-16-12)11-8(13)6-7(2)17-11/h4-6,10,15H,3H2,1-2H3. The van der Waals surface area contributed by atoms with Crippen LogP contribution in [0.3, 0.4) is 0 Å². The SMILES string of the molecule is CCNC(c1sccc1Cl)c1sc(C)cc1Br. The lowest BCUT2D eigenvalue weighted by molar-refractivity contribution is 0.647. The molecule has 0 bridgehead atoms. The Bertz CT molecular complexity index is 506. The van der Waals surface area contributed by atoms with E-state index in [0.717, 1.165) is 16.0 Å². The normalized spacial score (nSPS) is 12.9. The highest BCUT2D eigenvalue weighted by Gasteiger charge is 2.21. The summed E-state index contributed by atoms with van der Waals surface area (Å²) in [4.78, 5) is 3.80. The van der Waals surface area contributed by atoms with Crippen molar-refractivity contribution in [2.75, 3.05) is 6.54 Å². The molecule has 0 saturated heterocycles. The predicted octanol–water partition coefficient (Wildman–Crippen LogP) is 5.23. The molecular weight excluding hydrogens is 338 g/mol. The van der Waals surface area contributed by atoms with E-state index in [-0.39, 0.29) is 6.04 Å². The maximum absolute atomic E-state index is 6.24. The van der Waals surface area contributed by atoms with Crippen LogP contribution < -0.4 is 5.32 Å². The summed E-state index contributed by atoms with van der Waals surface area (Å²) in [5, 5.41) is 6.39. The third-order valence-electron chi connectivity index (χ3n) is 2.41. The monoisotopic (exact) mass is 349 g/mol. The second kappa shape index (κ2) is 5.85. The molecule has 0 fully saturated rings. The molecule has 2 aromatic heterocycles. The zero-order valence-corrected chi connectivity index (χ0v) is 13.6. The van der Waals surface area contributed by atoms with Gasteiger partial charge in [-0.25, -0.2) is 0 Å². The molecule has 1 unspecified atom stereocenters. The number of aryl methyl sites for hydroxylation is 1. The molecule has 2 aromatic rings. The van der Waals surface area contributed by atoms with Crippen LogP contribution in [-0.4, -0.2) is 6.54 Å². The van der Waals surface area contributed by atoms with Crippen molar-refractivity contribution in [1.82, 2.24) is 5.32 Å². The smallest absolute Gasteiger partial charge is 0.0791 e. The number of thiophene rings is 2. The van der Waals surface area contributed by atoms with E-state index in [1.54, 1.807) is 11.3 Å². The Hall–Kier alpha value is 0.130. The molecule has 0 spiro atoms. The maximum atomic E-state index is 6.24. The second-order valence-corrected chi connectivity index (χ2v) is 7.19. The summed E-state index contributed by atoms with van der Waals surface area (Å²) >= 11 is 13.4. The Labute approximate surface area is 123 Å². The molecule has 0 saturated carbocycles. The van der Waals surface area contributed by atoms with Crippen molar-refractivity contribution in [3.05, 3.63) is 41.6 Å². The number of rotatable bonds is 4. The first-order chi connectivity index (χ1) is 8.13. The maximum Gasteiger partial charge on any atom is 0.0791 e. The fourth-order valence-corrected chi connectivity index (χ4v) is 5.01. The molecule has 2 heterocycles. The lowest BCUT2D eigenvalue weighted by Crippen LogP contribution is -2.20. The topological polar surface area (TPSA) is 12.0 Å². The molecule has 5 heteroatoms. The number of hydrogen-bond acceptors (Lipinski definition) is 3. The Kier molecular flexibility index (Phi) is 4.66. The third kappa shape index (κ3) is 2.93. The first kappa shape index (κ1) is 13.6. The van der Waals surface area contributed by atoms with E-state index in [2.05, 4.69) is 41.2 Å². The van der Waals surface area contributed by atoms with Crippen LogP contribution in [-0.2, 0) is 0 Å². The van der Waals surface area contributed by atoms with Gasteiger partial charge in [-0.1, -0.05) is 18.5 Å². The molecule has 0 radical (unpaired) electrons. The fourth-order valence-electron chi connectivity index (χ4n) is 1.72. The van der Waals surface area contributed by atoms with E-state index in [1.807, 2.05) is 22.8 Å². The van der Waals surface area contributed by atoms with Crippen LogP contribution in [0.5, 0.6) is 0 Å². The van der Waals surface area contributed by atoms with Crippen LogP contribution in [0.25, 0.3) is 0 Å². The average molecular weight is 351 g/mol. The van der Waals surface area contributed by atoms with Crippen LogP contribution >= 0.6 is 50.2 Å². The number of hydrogen-bond donors (Lipinski definition) is 1. The van der Waals surface area contributed by atoms with Crippen molar-refractivity contribution in [1.29, 1.82) is 0 Å². The van der Waals surface area contributed by atoms with Gasteiger partial charge in [0.2, 0.25) is 0 Å². The molecule has 0 aliphatic carbocycles. The van der Waals surface area contributed by atoms with Crippen LogP contribution in [0, 0.1) is 6.92 Å². The van der Waals surface area contributed by atoms with Gasteiger partial charge in [0.15, 0.2) is 0 Å². The Morgan fingerprint density at radius 2 is 2.24 bits per heavy atom. The van der Waals surface area contributed by atoms with Crippen LogP contribution in [0.4, 0.5) is 0 Å². The minimum absolute atomic E-state index is 0.195. The van der Waals surface area contributed by atoms with Gasteiger partial charge in [-0.3, -0.25) is 0 Å². The van der Waals surface area contributed by atoms with Crippen molar-refractivity contribution in [2.24, 2.45) is 0 Å². The summed E-state index contributed by atoms with van der Waals surface area (Å²) in [6, 6.07) is 4.31. The van der Waals surface area contributed by atoms with Crippen molar-refractivity contribution in [2.45, 2.75) is 19.9 Å². The van der Waals surface area contributed by atoms with Gasteiger partial charge < -0.3 is 5.32 Å². The number of nitrogens with one attached hydrogen (secondary N) is 1. The van der Waals surface area contributed by atoms with Crippen LogP contribution in [0.1, 0.15) is 27.6 Å². The van der Waals surface area contributed by atoms with Crippen molar-refractivity contribution in [3.8, 4) is 0 Å². The van der Waals surface area contributed by atoms with E-state index < -0.39 is 0 Å². The number of halogens is 2. The lowest BCUT2D eigenvalue weighted by Gasteiger charge is -2.16. The first-order valence-corrected chi connectivity index (χ1v) is 8.22. The van der Waals surface area contributed by atoms with Gasteiger partial charge in [0, 0.05) is 19.1 Å². The molecule has 17 heavy (non-hydrogen) atoms. The van der Waals surface area contributed by atoms with E-state index in [0.29, 0.717) is 0 Å². The molecule has 0 amide bonds. The Balaban J connectivity index is 2.42. The summed E-state index contributed by atoms with van der Waals surface area (Å²) in [7, 11) is 0. The van der Waals surface area contributed by atoms with Gasteiger partial charge in [0.05, 0.1) is 11.1 Å². The summed E-state index contributed by atoms with van der Waals surface area (Å²) in [6.07, 6.45) is 0. The van der Waals surface area contributed by atoms with Crippen LogP contribution in [0.2, 0.25) is 5.02 Å². The Morgan fingerprint density at radius 3 is 2.71 bits per heavy atom. The van der Waals surface area contributed by atoms with Crippen molar-refractivity contribution in [3.63, 3.8) is 0 Å². The largest absolute Gasteiger partial charge is 0.305 e. The van der Waals surface area contributed by atoms with E-state index >= 15 is 0 Å². The van der Waals surface area contributed by atoms with Gasteiger partial charge in [0.1, 0.15) is 0 Å². The predicted molar refractivity (Wildman–Crippen MR) is 81.6 cm³/mol. The van der Waals surface area contributed by atoms with E-state index in [4.69, 9.17) is 11.6 Å². The minimum atomic E-state index is 0.195. The highest BCUT2D eigenvalue weighted by Crippen LogP contribution is 2.39. The zero-order chi connectivity index (χ0) is 12.4. The molecule has 2 rings (SSSR count). The van der Waals surface area contributed by atoms with E-state index in [9.17, 15) is 0 Å². The fraction of sp³-hybridized carbons (Fsp3) is 0.333.